The Balaban J connectivity index is 0. The van der Waals surface area contributed by atoms with Crippen molar-refractivity contribution in [3.05, 3.63) is 0 Å². The molecule has 0 aromatic rings. The largest absolute Gasteiger partial charge is 0.751 e. The summed E-state index contributed by atoms with van der Waals surface area (Å²) in [5, 5.41) is 0. The molecule has 0 saturated carbocycles. The Kier molecular flexibility index (Phi) is 21.1. The van der Waals surface area contributed by atoms with Crippen molar-refractivity contribution in [3.63, 3.8) is 0 Å². The Morgan fingerprint density at radius 3 is 2.13 bits per heavy atom. The third-order valence-corrected chi connectivity index (χ3v) is 3.84. The highest BCUT2D eigenvalue weighted by molar-refractivity contribution is 6.38. The van der Waals surface area contributed by atoms with E-state index >= 15 is 0 Å². The minimum Gasteiger partial charge on any atom is -0.696 e. The smallest absolute Gasteiger partial charge is 0.696 e. The molecular formula is C6H15O4Si5. The average Bonchev–Trinajstić information content (AvgIpc) is 2.27. The molecule has 0 aromatic heterocycles. The Labute approximate surface area is 107 Å². The molecule has 0 saturated heterocycles. The van der Waals surface area contributed by atoms with E-state index in [1.807, 2.05) is 0 Å². The summed E-state index contributed by atoms with van der Waals surface area (Å²) in [6.45, 7) is 8.10. The number of hydrogen-bond donors (Lipinski definition) is 0. The van der Waals surface area contributed by atoms with E-state index in [2.05, 4.69) is 54.0 Å². The molecule has 0 fully saturated rings. The standard InChI is InChI=1S/C4H10O3Si3.C2H5OSi2/c1-3-7(4-2)10-6-9-5-8;1-2-5-3-4/h3-4H2,1-2H3;2H2,1H3/q+1;-1. The van der Waals surface area contributed by atoms with E-state index in [0.717, 1.165) is 19.3 Å². The fourth-order valence-electron chi connectivity index (χ4n) is 0.491. The Hall–Kier alpha value is 0.924. The molecule has 0 aliphatic heterocycles. The fourth-order valence-corrected chi connectivity index (χ4v) is 2.45. The summed E-state index contributed by atoms with van der Waals surface area (Å²) >= 11 is 0. The monoisotopic (exact) mass is 291 g/mol. The molecule has 0 atom stereocenters. The Morgan fingerprint density at radius 1 is 1.27 bits per heavy atom. The van der Waals surface area contributed by atoms with Crippen LogP contribution in [0.5, 0.6) is 0 Å². The van der Waals surface area contributed by atoms with Crippen LogP contribution in [-0.2, 0) is 16.4 Å². The molecule has 0 aliphatic carbocycles. The molecule has 0 rings (SSSR count). The van der Waals surface area contributed by atoms with Crippen LogP contribution in [0.3, 0.4) is 0 Å². The van der Waals surface area contributed by atoms with E-state index < -0.39 is 0 Å². The molecule has 0 unspecified atom stereocenters. The van der Waals surface area contributed by atoms with Gasteiger partial charge in [0.25, 0.3) is 0 Å². The zero-order valence-electron chi connectivity index (χ0n) is 9.25. The molecule has 0 bridgehead atoms. The molecule has 11 radical (unpaired) electrons. The van der Waals surface area contributed by atoms with Crippen molar-refractivity contribution in [1.82, 2.24) is 0 Å². The van der Waals surface area contributed by atoms with Crippen molar-refractivity contribution in [2.45, 2.75) is 26.8 Å². The number of rotatable bonds is 8. The van der Waals surface area contributed by atoms with Gasteiger partial charge in [0.2, 0.25) is 10.5 Å². The van der Waals surface area contributed by atoms with Gasteiger partial charge in [-0.25, -0.2) is 0 Å². The second-order valence-electron chi connectivity index (χ2n) is 2.04. The van der Waals surface area contributed by atoms with Crippen molar-refractivity contribution < 1.29 is 16.4 Å². The van der Waals surface area contributed by atoms with Gasteiger partial charge in [-0.15, -0.1) is 0 Å². The summed E-state index contributed by atoms with van der Waals surface area (Å²) < 4.78 is 17.1. The van der Waals surface area contributed by atoms with Gasteiger partial charge in [-0.1, -0.05) is 6.92 Å². The van der Waals surface area contributed by atoms with Crippen molar-refractivity contribution in [3.8, 4) is 0 Å². The van der Waals surface area contributed by atoms with Gasteiger partial charge in [-0.05, 0) is 6.04 Å². The molecule has 15 heavy (non-hydrogen) atoms. The third-order valence-electron chi connectivity index (χ3n) is 1.16. The highest BCUT2D eigenvalue weighted by Crippen LogP contribution is 1.90. The van der Waals surface area contributed by atoms with Gasteiger partial charge in [-0.3, -0.25) is 0 Å². The van der Waals surface area contributed by atoms with E-state index in [-0.39, 0.29) is 10.0 Å². The second kappa shape index (κ2) is 17.3. The summed E-state index contributed by atoms with van der Waals surface area (Å²) in [7, 11) is 6.74. The van der Waals surface area contributed by atoms with Crippen LogP contribution in [0.25, 0.3) is 0 Å². The minimum absolute atomic E-state index is 0.0771. The molecule has 0 amide bonds. The summed E-state index contributed by atoms with van der Waals surface area (Å²) in [5.41, 5.74) is 0. The van der Waals surface area contributed by atoms with Crippen molar-refractivity contribution in [2.24, 2.45) is 0 Å². The first kappa shape index (κ1) is 18.3. The second-order valence-corrected chi connectivity index (χ2v) is 6.40. The quantitative estimate of drug-likeness (QED) is 0.356. The normalized spacial score (nSPS) is 10.0. The highest BCUT2D eigenvalue weighted by atomic mass is 28.4. The molecule has 4 nitrogen and oxygen atoms in total. The van der Waals surface area contributed by atoms with E-state index in [9.17, 15) is 0 Å². The first-order valence-corrected chi connectivity index (χ1v) is 8.05. The first-order valence-electron chi connectivity index (χ1n) is 4.48. The molecule has 0 aromatic carbocycles. The molecule has 0 N–H and O–H groups in total. The van der Waals surface area contributed by atoms with E-state index in [0.29, 0.717) is 19.8 Å². The zero-order chi connectivity index (χ0) is 11.9. The van der Waals surface area contributed by atoms with Crippen LogP contribution in [-0.4, -0.2) is 64.0 Å². The maximum Gasteiger partial charge on any atom is 0.751 e. The van der Waals surface area contributed by atoms with E-state index in [1.165, 1.54) is 0 Å². The van der Waals surface area contributed by atoms with Crippen LogP contribution in [0.2, 0.25) is 6.04 Å². The van der Waals surface area contributed by atoms with Gasteiger partial charge in [0.1, 0.15) is 13.2 Å². The number of hydrogen-bond acceptors (Lipinski definition) is 3. The van der Waals surface area contributed by atoms with Gasteiger partial charge in [0, 0.05) is 13.8 Å². The molecule has 9 heteroatoms. The lowest BCUT2D eigenvalue weighted by molar-refractivity contribution is 0.0126. The lowest BCUT2D eigenvalue weighted by Crippen LogP contribution is -2.23. The molecule has 0 heterocycles. The Bertz CT molecular complexity index is 104. The van der Waals surface area contributed by atoms with Gasteiger partial charge >= 0.3 is 20.0 Å². The van der Waals surface area contributed by atoms with Crippen LogP contribution in [0.4, 0.5) is 0 Å². The SMILES string of the molecule is CC[O+](CC)[Si]O[Si]O[Si].CC[Si]O[Si-]. The lowest BCUT2D eigenvalue weighted by atomic mass is 10.8. The van der Waals surface area contributed by atoms with Gasteiger partial charge < -0.3 is 26.9 Å². The van der Waals surface area contributed by atoms with Crippen molar-refractivity contribution >= 4 is 50.7 Å². The summed E-state index contributed by atoms with van der Waals surface area (Å²) in [6, 6.07) is 1.10. The molecule has 83 valence electrons. The molecule has 0 aliphatic rings. The summed E-state index contributed by atoms with van der Waals surface area (Å²) in [5.74, 6) is 0. The summed E-state index contributed by atoms with van der Waals surface area (Å²) in [4.78, 5) is 0. The first-order chi connectivity index (χ1) is 7.26. The third kappa shape index (κ3) is 17.5. The maximum absolute atomic E-state index is 5.10. The predicted octanol–water partition coefficient (Wildman–Crippen LogP) is -0.0925. The fraction of sp³-hybridized carbons (Fsp3) is 1.00. The summed E-state index contributed by atoms with van der Waals surface area (Å²) in [6.07, 6.45) is 0. The molecular weight excluding hydrogens is 276 g/mol. The van der Waals surface area contributed by atoms with Crippen LogP contribution < -0.4 is 0 Å². The molecule has 0 spiro atoms. The van der Waals surface area contributed by atoms with Gasteiger partial charge in [0.15, 0.2) is 9.76 Å². The van der Waals surface area contributed by atoms with Gasteiger partial charge in [0.05, 0.1) is 0 Å². The van der Waals surface area contributed by atoms with E-state index in [4.69, 9.17) is 4.12 Å². The van der Waals surface area contributed by atoms with Crippen molar-refractivity contribution in [2.75, 3.05) is 13.2 Å². The van der Waals surface area contributed by atoms with Crippen LogP contribution >= 0.6 is 0 Å². The zero-order valence-corrected chi connectivity index (χ0v) is 14.3. The van der Waals surface area contributed by atoms with E-state index in [1.54, 1.807) is 0 Å². The van der Waals surface area contributed by atoms with Crippen LogP contribution in [0, 0.1) is 0 Å². The Morgan fingerprint density at radius 2 is 1.87 bits per heavy atom. The topological polar surface area (TPSA) is 30.4 Å². The van der Waals surface area contributed by atoms with Gasteiger partial charge in [-0.2, -0.15) is 0 Å². The van der Waals surface area contributed by atoms with Crippen LogP contribution in [0.1, 0.15) is 20.8 Å². The van der Waals surface area contributed by atoms with Crippen LogP contribution in [0.15, 0.2) is 0 Å². The minimum atomic E-state index is 0.0771. The van der Waals surface area contributed by atoms with Crippen molar-refractivity contribution in [1.29, 1.82) is 0 Å². The predicted molar refractivity (Wildman–Crippen MR) is 64.7 cm³/mol. The highest BCUT2D eigenvalue weighted by Gasteiger charge is 2.13. The maximum atomic E-state index is 5.10. The average molecular weight is 292 g/mol. The lowest BCUT2D eigenvalue weighted by Gasteiger charge is -2.12.